The van der Waals surface area contributed by atoms with Gasteiger partial charge >= 0.3 is 0 Å². The number of halogens is 1. The van der Waals surface area contributed by atoms with Gasteiger partial charge in [0.15, 0.2) is 12.5 Å². The van der Waals surface area contributed by atoms with E-state index in [0.29, 0.717) is 5.56 Å². The van der Waals surface area contributed by atoms with Crippen molar-refractivity contribution < 1.29 is 9.18 Å². The van der Waals surface area contributed by atoms with E-state index in [4.69, 9.17) is 5.26 Å². The lowest BCUT2D eigenvalue weighted by molar-refractivity contribution is -0.111. The second-order valence-corrected chi connectivity index (χ2v) is 2.66. The minimum atomic E-state index is -1.45. The van der Waals surface area contributed by atoms with Gasteiger partial charge < -0.3 is 4.79 Å². The predicted octanol–water partition coefficient (Wildman–Crippen LogP) is 1.64. The van der Waals surface area contributed by atoms with E-state index in [2.05, 4.69) is 0 Å². The van der Waals surface area contributed by atoms with E-state index < -0.39 is 6.17 Å². The normalized spacial score (nSPS) is 11.7. The first-order chi connectivity index (χ1) is 6.26. The predicted molar refractivity (Wildman–Crippen MR) is 45.8 cm³/mol. The Morgan fingerprint density at radius 3 is 2.54 bits per heavy atom. The number of alkyl halides is 1. The zero-order valence-corrected chi connectivity index (χ0v) is 6.90. The standard InChI is InChI=1S/C10H8FNO/c11-10(7-13)5-8-1-3-9(6-12)4-2-8/h1-4,7,10H,5H2. The van der Waals surface area contributed by atoms with Gasteiger partial charge in [0.2, 0.25) is 0 Å². The van der Waals surface area contributed by atoms with Crippen LogP contribution in [0.5, 0.6) is 0 Å². The summed E-state index contributed by atoms with van der Waals surface area (Å²) in [5, 5.41) is 8.48. The van der Waals surface area contributed by atoms with Crippen LogP contribution in [-0.4, -0.2) is 12.5 Å². The summed E-state index contributed by atoms with van der Waals surface area (Å²) in [7, 11) is 0. The minimum absolute atomic E-state index is 0.0786. The smallest absolute Gasteiger partial charge is 0.159 e. The van der Waals surface area contributed by atoms with Crippen molar-refractivity contribution in [3.8, 4) is 6.07 Å². The van der Waals surface area contributed by atoms with Gasteiger partial charge in [0.05, 0.1) is 11.6 Å². The Morgan fingerprint density at radius 2 is 2.08 bits per heavy atom. The molecule has 1 aromatic rings. The highest BCUT2D eigenvalue weighted by molar-refractivity contribution is 5.56. The molecule has 0 amide bonds. The van der Waals surface area contributed by atoms with E-state index in [1.807, 2.05) is 6.07 Å². The highest BCUT2D eigenvalue weighted by atomic mass is 19.1. The fraction of sp³-hybridized carbons (Fsp3) is 0.200. The lowest BCUT2D eigenvalue weighted by Crippen LogP contribution is -2.05. The van der Waals surface area contributed by atoms with E-state index in [9.17, 15) is 9.18 Å². The summed E-state index contributed by atoms with van der Waals surface area (Å²) >= 11 is 0. The monoisotopic (exact) mass is 177 g/mol. The molecule has 13 heavy (non-hydrogen) atoms. The van der Waals surface area contributed by atoms with Gasteiger partial charge in [-0.05, 0) is 17.7 Å². The van der Waals surface area contributed by atoms with Crippen LogP contribution in [0.1, 0.15) is 11.1 Å². The molecule has 3 heteroatoms. The number of hydrogen-bond acceptors (Lipinski definition) is 2. The molecule has 0 fully saturated rings. The maximum absolute atomic E-state index is 12.6. The fourth-order valence-corrected chi connectivity index (χ4v) is 0.989. The van der Waals surface area contributed by atoms with Crippen LogP contribution in [0.25, 0.3) is 0 Å². The summed E-state index contributed by atoms with van der Waals surface area (Å²) in [5.41, 5.74) is 1.25. The molecule has 0 heterocycles. The summed E-state index contributed by atoms with van der Waals surface area (Å²) in [6.45, 7) is 0. The van der Waals surface area contributed by atoms with Crippen LogP contribution < -0.4 is 0 Å². The molecule has 66 valence electrons. The Kier molecular flexibility index (Phi) is 3.15. The van der Waals surface area contributed by atoms with Crippen molar-refractivity contribution >= 4 is 6.29 Å². The highest BCUT2D eigenvalue weighted by Gasteiger charge is 2.04. The van der Waals surface area contributed by atoms with Crippen molar-refractivity contribution in [2.24, 2.45) is 0 Å². The minimum Gasteiger partial charge on any atom is -0.300 e. The SMILES string of the molecule is N#Cc1ccc(CC(F)C=O)cc1. The Hall–Kier alpha value is -1.69. The van der Waals surface area contributed by atoms with Crippen LogP contribution in [0.3, 0.4) is 0 Å². The zero-order chi connectivity index (χ0) is 9.68. The van der Waals surface area contributed by atoms with E-state index in [1.165, 1.54) is 0 Å². The highest BCUT2D eigenvalue weighted by Crippen LogP contribution is 2.06. The van der Waals surface area contributed by atoms with Crippen molar-refractivity contribution in [1.29, 1.82) is 5.26 Å². The molecule has 2 nitrogen and oxygen atoms in total. The summed E-state index contributed by atoms with van der Waals surface area (Å²) in [4.78, 5) is 10.0. The number of rotatable bonds is 3. The quantitative estimate of drug-likeness (QED) is 0.658. The summed E-state index contributed by atoms with van der Waals surface area (Å²) in [6, 6.07) is 8.46. The molecule has 0 saturated heterocycles. The van der Waals surface area contributed by atoms with Crippen molar-refractivity contribution in [1.82, 2.24) is 0 Å². The molecule has 0 saturated carbocycles. The molecule has 0 aromatic heterocycles. The average Bonchev–Trinajstić information content (AvgIpc) is 2.19. The summed E-state index contributed by atoms with van der Waals surface area (Å²) < 4.78 is 12.6. The molecule has 0 radical (unpaired) electrons. The Balaban J connectivity index is 2.70. The third-order valence-corrected chi connectivity index (χ3v) is 1.66. The third-order valence-electron chi connectivity index (χ3n) is 1.66. The number of hydrogen-bond donors (Lipinski definition) is 0. The number of carbonyl (C=O) groups is 1. The van der Waals surface area contributed by atoms with Gasteiger partial charge in [-0.3, -0.25) is 0 Å². The first kappa shape index (κ1) is 9.40. The topological polar surface area (TPSA) is 40.9 Å². The average molecular weight is 177 g/mol. The van der Waals surface area contributed by atoms with Gasteiger partial charge in [-0.25, -0.2) is 4.39 Å². The van der Waals surface area contributed by atoms with Gasteiger partial charge in [-0.2, -0.15) is 5.26 Å². The van der Waals surface area contributed by atoms with Gasteiger partial charge in [0, 0.05) is 6.42 Å². The molecule has 1 aromatic carbocycles. The van der Waals surface area contributed by atoms with Crippen LogP contribution in [0.2, 0.25) is 0 Å². The third kappa shape index (κ3) is 2.68. The zero-order valence-electron chi connectivity index (χ0n) is 6.90. The first-order valence-corrected chi connectivity index (χ1v) is 3.84. The van der Waals surface area contributed by atoms with Crippen LogP contribution in [-0.2, 0) is 11.2 Å². The van der Waals surface area contributed by atoms with Crippen molar-refractivity contribution in [2.75, 3.05) is 0 Å². The fourth-order valence-electron chi connectivity index (χ4n) is 0.989. The maximum Gasteiger partial charge on any atom is 0.159 e. The Labute approximate surface area is 75.6 Å². The van der Waals surface area contributed by atoms with Crippen molar-refractivity contribution in [3.05, 3.63) is 35.4 Å². The van der Waals surface area contributed by atoms with Gasteiger partial charge in [-0.15, -0.1) is 0 Å². The number of benzene rings is 1. The molecule has 1 rings (SSSR count). The van der Waals surface area contributed by atoms with E-state index in [1.54, 1.807) is 24.3 Å². The largest absolute Gasteiger partial charge is 0.300 e. The van der Waals surface area contributed by atoms with Crippen LogP contribution >= 0.6 is 0 Å². The molecule has 0 aliphatic rings. The Bertz CT molecular complexity index is 326. The molecule has 0 bridgehead atoms. The molecular weight excluding hydrogens is 169 g/mol. The van der Waals surface area contributed by atoms with Gasteiger partial charge in [0.1, 0.15) is 0 Å². The number of aldehydes is 1. The van der Waals surface area contributed by atoms with Crippen LogP contribution in [0.4, 0.5) is 4.39 Å². The Morgan fingerprint density at radius 1 is 1.46 bits per heavy atom. The van der Waals surface area contributed by atoms with E-state index in [-0.39, 0.29) is 12.7 Å². The molecule has 1 atom stereocenters. The van der Waals surface area contributed by atoms with Crippen molar-refractivity contribution in [2.45, 2.75) is 12.6 Å². The van der Waals surface area contributed by atoms with Crippen LogP contribution in [0, 0.1) is 11.3 Å². The molecule has 1 unspecified atom stereocenters. The molecule has 0 aliphatic carbocycles. The second-order valence-electron chi connectivity index (χ2n) is 2.66. The molecule has 0 aliphatic heterocycles. The number of nitrogens with zero attached hydrogens (tertiary/aromatic N) is 1. The van der Waals surface area contributed by atoms with Gasteiger partial charge in [-0.1, -0.05) is 12.1 Å². The number of nitriles is 1. The molecule has 0 spiro atoms. The molecular formula is C10H8FNO. The van der Waals surface area contributed by atoms with E-state index in [0.717, 1.165) is 5.56 Å². The lowest BCUT2D eigenvalue weighted by atomic mass is 10.1. The van der Waals surface area contributed by atoms with E-state index >= 15 is 0 Å². The van der Waals surface area contributed by atoms with Crippen molar-refractivity contribution in [3.63, 3.8) is 0 Å². The van der Waals surface area contributed by atoms with Gasteiger partial charge in [0.25, 0.3) is 0 Å². The lowest BCUT2D eigenvalue weighted by Gasteiger charge is -2.00. The summed E-state index contributed by atoms with van der Waals surface area (Å²) in [5.74, 6) is 0. The summed E-state index contributed by atoms with van der Waals surface area (Å²) in [6.07, 6.45) is -1.10. The number of carbonyl (C=O) groups excluding carboxylic acids is 1. The maximum atomic E-state index is 12.6. The first-order valence-electron chi connectivity index (χ1n) is 3.84. The molecule has 0 N–H and O–H groups in total. The van der Waals surface area contributed by atoms with Crippen LogP contribution in [0.15, 0.2) is 24.3 Å². The second kappa shape index (κ2) is 4.36.